The summed E-state index contributed by atoms with van der Waals surface area (Å²) >= 11 is 5.90. The van der Waals surface area contributed by atoms with Gasteiger partial charge in [0.1, 0.15) is 23.3 Å². The summed E-state index contributed by atoms with van der Waals surface area (Å²) in [6.45, 7) is 0.769. The summed E-state index contributed by atoms with van der Waals surface area (Å²) in [7, 11) is 0. The van der Waals surface area contributed by atoms with Gasteiger partial charge in [-0.1, -0.05) is 23.7 Å². The average molecular weight is 383 g/mol. The molecule has 0 saturated carbocycles. The number of hydrogen-bond donors (Lipinski definition) is 1. The number of ether oxygens (including phenoxy) is 2. The van der Waals surface area contributed by atoms with E-state index < -0.39 is 6.10 Å². The molecule has 1 N–H and O–H groups in total. The van der Waals surface area contributed by atoms with Crippen molar-refractivity contribution in [3.05, 3.63) is 82.9 Å². The van der Waals surface area contributed by atoms with Gasteiger partial charge in [0.05, 0.1) is 18.4 Å². The molecule has 0 radical (unpaired) electrons. The zero-order valence-electron chi connectivity index (χ0n) is 14.6. The first-order valence-corrected chi connectivity index (χ1v) is 9.15. The van der Waals surface area contributed by atoms with Gasteiger partial charge in [0, 0.05) is 23.9 Å². The van der Waals surface area contributed by atoms with E-state index in [1.807, 2.05) is 48.7 Å². The Labute approximate surface area is 162 Å². The lowest BCUT2D eigenvalue weighted by Gasteiger charge is -2.30. The van der Waals surface area contributed by atoms with Crippen LogP contribution in [-0.4, -0.2) is 21.7 Å². The minimum atomic E-state index is -0.623. The van der Waals surface area contributed by atoms with E-state index in [0.717, 1.165) is 16.8 Å². The Hall–Kier alpha value is -2.63. The second-order valence-corrected chi connectivity index (χ2v) is 6.91. The van der Waals surface area contributed by atoms with E-state index in [9.17, 15) is 5.11 Å². The van der Waals surface area contributed by atoms with Crippen LogP contribution in [0.15, 0.2) is 60.9 Å². The molecule has 0 aliphatic carbocycles. The van der Waals surface area contributed by atoms with Crippen molar-refractivity contribution in [1.82, 2.24) is 9.97 Å². The molecule has 0 spiro atoms. The molecule has 27 heavy (non-hydrogen) atoms. The van der Waals surface area contributed by atoms with Crippen LogP contribution in [0.5, 0.6) is 11.5 Å². The Morgan fingerprint density at radius 2 is 2.11 bits per heavy atom. The van der Waals surface area contributed by atoms with Crippen molar-refractivity contribution in [2.75, 3.05) is 6.61 Å². The van der Waals surface area contributed by atoms with E-state index in [-0.39, 0.29) is 5.92 Å². The van der Waals surface area contributed by atoms with Crippen molar-refractivity contribution in [3.63, 3.8) is 0 Å². The first-order chi connectivity index (χ1) is 13.2. The Kier molecular flexibility index (Phi) is 5.23. The maximum atomic E-state index is 10.8. The lowest BCUT2D eigenvalue weighted by atomic mass is 9.88. The minimum absolute atomic E-state index is 0.0356. The summed E-state index contributed by atoms with van der Waals surface area (Å²) in [6, 6.07) is 14.8. The summed E-state index contributed by atoms with van der Waals surface area (Å²) in [6.07, 6.45) is 3.64. The van der Waals surface area contributed by atoms with Gasteiger partial charge in [-0.2, -0.15) is 0 Å². The van der Waals surface area contributed by atoms with Crippen LogP contribution < -0.4 is 9.47 Å². The van der Waals surface area contributed by atoms with Crippen molar-refractivity contribution in [1.29, 1.82) is 0 Å². The van der Waals surface area contributed by atoms with E-state index in [2.05, 4.69) is 9.97 Å². The van der Waals surface area contributed by atoms with E-state index in [1.54, 1.807) is 12.3 Å². The van der Waals surface area contributed by atoms with Crippen LogP contribution in [0, 0.1) is 5.92 Å². The van der Waals surface area contributed by atoms with Crippen LogP contribution in [0.1, 0.15) is 22.9 Å². The highest BCUT2D eigenvalue weighted by Gasteiger charge is 2.30. The zero-order valence-corrected chi connectivity index (χ0v) is 15.3. The van der Waals surface area contributed by atoms with Crippen molar-refractivity contribution in [3.8, 4) is 11.5 Å². The van der Waals surface area contributed by atoms with Crippen molar-refractivity contribution >= 4 is 11.6 Å². The predicted octanol–water partition coefficient (Wildman–Crippen LogP) is 3.99. The molecule has 1 aliphatic heterocycles. The van der Waals surface area contributed by atoms with Gasteiger partial charge in [0.15, 0.2) is 0 Å². The van der Waals surface area contributed by atoms with Gasteiger partial charge in [0.25, 0.3) is 0 Å². The Morgan fingerprint density at radius 3 is 2.93 bits per heavy atom. The van der Waals surface area contributed by atoms with Gasteiger partial charge in [-0.3, -0.25) is 4.98 Å². The second-order valence-electron chi connectivity index (χ2n) is 6.52. The van der Waals surface area contributed by atoms with E-state index in [4.69, 9.17) is 21.1 Å². The summed E-state index contributed by atoms with van der Waals surface area (Å²) in [5.41, 5.74) is 2.56. The number of aromatic nitrogens is 2. The lowest BCUT2D eigenvalue weighted by molar-refractivity contribution is 0.0504. The topological polar surface area (TPSA) is 64.5 Å². The van der Waals surface area contributed by atoms with E-state index in [1.165, 1.54) is 0 Å². The molecular weight excluding hydrogens is 364 g/mol. The van der Waals surface area contributed by atoms with Crippen molar-refractivity contribution < 1.29 is 14.6 Å². The standard InChI is InChI=1S/C21H19ClN2O3/c22-20-5-1-4-16(24-20)13-26-17-6-7-19-18(10-17)21(25)15(12-27-19)9-14-3-2-8-23-11-14/h1-8,10-11,15,21,25H,9,12-13H2/t15-,21+/m1/s1. The first-order valence-electron chi connectivity index (χ1n) is 8.77. The Bertz CT molecular complexity index is 920. The maximum absolute atomic E-state index is 10.8. The first kappa shape index (κ1) is 17.8. The Morgan fingerprint density at radius 1 is 1.19 bits per heavy atom. The second kappa shape index (κ2) is 7.94. The smallest absolute Gasteiger partial charge is 0.130 e. The van der Waals surface area contributed by atoms with Crippen LogP contribution in [-0.2, 0) is 13.0 Å². The highest BCUT2D eigenvalue weighted by atomic mass is 35.5. The summed E-state index contributed by atoms with van der Waals surface area (Å²) in [4.78, 5) is 8.35. The number of halogens is 1. The number of benzene rings is 1. The summed E-state index contributed by atoms with van der Waals surface area (Å²) < 4.78 is 11.7. The quantitative estimate of drug-likeness (QED) is 0.676. The van der Waals surface area contributed by atoms with Gasteiger partial charge in [0.2, 0.25) is 0 Å². The number of nitrogens with zero attached hydrogens (tertiary/aromatic N) is 2. The minimum Gasteiger partial charge on any atom is -0.493 e. The third kappa shape index (κ3) is 4.21. The molecule has 2 atom stereocenters. The van der Waals surface area contributed by atoms with Crippen molar-refractivity contribution in [2.45, 2.75) is 19.1 Å². The number of fused-ring (bicyclic) bond motifs is 1. The number of rotatable bonds is 5. The number of pyridine rings is 2. The SMILES string of the molecule is O[C@@H]1c2cc(OCc3cccc(Cl)n3)ccc2OC[C@H]1Cc1cccnc1. The molecule has 138 valence electrons. The highest BCUT2D eigenvalue weighted by molar-refractivity contribution is 6.29. The molecule has 3 aromatic rings. The fourth-order valence-corrected chi connectivity index (χ4v) is 3.38. The maximum Gasteiger partial charge on any atom is 0.130 e. The molecule has 2 aromatic heterocycles. The van der Waals surface area contributed by atoms with Crippen LogP contribution >= 0.6 is 11.6 Å². The molecule has 4 rings (SSSR count). The molecule has 6 heteroatoms. The molecule has 0 saturated heterocycles. The van der Waals surface area contributed by atoms with Gasteiger partial charge >= 0.3 is 0 Å². The highest BCUT2D eigenvalue weighted by Crippen LogP contribution is 2.38. The van der Waals surface area contributed by atoms with Gasteiger partial charge < -0.3 is 14.6 Å². The third-order valence-corrected chi connectivity index (χ3v) is 4.79. The summed E-state index contributed by atoms with van der Waals surface area (Å²) in [5.74, 6) is 1.31. The molecule has 1 aromatic carbocycles. The zero-order chi connectivity index (χ0) is 18.6. The Balaban J connectivity index is 1.47. The van der Waals surface area contributed by atoms with Crippen LogP contribution in [0.25, 0.3) is 0 Å². The number of hydrogen-bond acceptors (Lipinski definition) is 5. The fraction of sp³-hybridized carbons (Fsp3) is 0.238. The van der Waals surface area contributed by atoms with Gasteiger partial charge in [-0.05, 0) is 48.4 Å². The van der Waals surface area contributed by atoms with Crippen molar-refractivity contribution in [2.24, 2.45) is 5.92 Å². The predicted molar refractivity (Wildman–Crippen MR) is 102 cm³/mol. The molecule has 3 heterocycles. The molecule has 1 aliphatic rings. The van der Waals surface area contributed by atoms with Gasteiger partial charge in [-0.15, -0.1) is 0 Å². The number of aliphatic hydroxyl groups is 1. The molecule has 0 unspecified atom stereocenters. The van der Waals surface area contributed by atoms with E-state index >= 15 is 0 Å². The fourth-order valence-electron chi connectivity index (χ4n) is 3.20. The average Bonchev–Trinajstić information content (AvgIpc) is 2.70. The van der Waals surface area contributed by atoms with Crippen LogP contribution in [0.4, 0.5) is 0 Å². The third-order valence-electron chi connectivity index (χ3n) is 4.58. The molecule has 0 bridgehead atoms. The molecular formula is C21H19ClN2O3. The molecule has 0 fully saturated rings. The lowest BCUT2D eigenvalue weighted by Crippen LogP contribution is -2.27. The normalized spacial score (nSPS) is 18.4. The van der Waals surface area contributed by atoms with Crippen LogP contribution in [0.2, 0.25) is 5.15 Å². The van der Waals surface area contributed by atoms with Crippen LogP contribution in [0.3, 0.4) is 0 Å². The van der Waals surface area contributed by atoms with E-state index in [0.29, 0.717) is 36.3 Å². The largest absolute Gasteiger partial charge is 0.493 e. The number of aliphatic hydroxyl groups excluding tert-OH is 1. The van der Waals surface area contributed by atoms with Gasteiger partial charge in [-0.25, -0.2) is 4.98 Å². The molecule has 5 nitrogen and oxygen atoms in total. The molecule has 0 amide bonds. The monoisotopic (exact) mass is 382 g/mol. The summed E-state index contributed by atoms with van der Waals surface area (Å²) in [5, 5.41) is 11.3.